The van der Waals surface area contributed by atoms with Crippen molar-refractivity contribution in [2.75, 3.05) is 26.4 Å². The Morgan fingerprint density at radius 3 is 3.04 bits per heavy atom. The highest BCUT2D eigenvalue weighted by molar-refractivity contribution is 6.31. The zero-order chi connectivity index (χ0) is 16.5. The molecule has 6 heteroatoms. The molecule has 0 spiro atoms. The average molecular weight is 342 g/mol. The van der Waals surface area contributed by atoms with Crippen molar-refractivity contribution in [3.8, 4) is 0 Å². The van der Waals surface area contributed by atoms with Crippen molar-refractivity contribution >= 4 is 17.5 Å². The van der Waals surface area contributed by atoms with Crippen LogP contribution in [-0.2, 0) is 25.6 Å². The van der Waals surface area contributed by atoms with E-state index in [4.69, 9.17) is 25.8 Å². The number of carbonyl (C=O) groups is 1. The topological polar surface area (TPSA) is 56.8 Å². The summed E-state index contributed by atoms with van der Waals surface area (Å²) in [5.74, 6) is -0.135. The molecular weight excluding hydrogens is 318 g/mol. The molecule has 5 nitrogen and oxygen atoms in total. The van der Waals surface area contributed by atoms with E-state index >= 15 is 0 Å². The van der Waals surface area contributed by atoms with Crippen molar-refractivity contribution in [3.63, 3.8) is 0 Å². The van der Waals surface area contributed by atoms with E-state index in [9.17, 15) is 4.79 Å². The largest absolute Gasteiger partial charge is 0.376 e. The van der Waals surface area contributed by atoms with E-state index in [-0.39, 0.29) is 12.0 Å². The lowest BCUT2D eigenvalue weighted by Crippen LogP contribution is -2.37. The molecule has 1 aromatic rings. The number of benzene rings is 1. The Kier molecular flexibility index (Phi) is 7.82. The summed E-state index contributed by atoms with van der Waals surface area (Å²) < 4.78 is 16.5. The SMILES string of the molecule is C[C@H](OC[C@H]1CCCO1)C(=O)NCCOCc1ccccc1Cl. The molecule has 0 aromatic heterocycles. The Hall–Kier alpha value is -1.14. The number of nitrogens with one attached hydrogen (secondary N) is 1. The standard InChI is InChI=1S/C17H24ClNO4/c1-13(23-12-15-6-4-9-22-15)17(20)19-8-10-21-11-14-5-2-3-7-16(14)18/h2-3,5,7,13,15H,4,6,8-12H2,1H3,(H,19,20)/t13-,15+/m0/s1. The molecule has 1 aromatic carbocycles. The van der Waals surface area contributed by atoms with E-state index in [1.807, 2.05) is 24.3 Å². The van der Waals surface area contributed by atoms with Gasteiger partial charge in [0.25, 0.3) is 0 Å². The number of halogens is 1. The van der Waals surface area contributed by atoms with Crippen LogP contribution in [-0.4, -0.2) is 44.5 Å². The number of hydrogen-bond donors (Lipinski definition) is 1. The summed E-state index contributed by atoms with van der Waals surface area (Å²) in [6, 6.07) is 7.54. The smallest absolute Gasteiger partial charge is 0.248 e. The van der Waals surface area contributed by atoms with Gasteiger partial charge < -0.3 is 19.5 Å². The van der Waals surface area contributed by atoms with Crippen molar-refractivity contribution in [1.29, 1.82) is 0 Å². The number of hydrogen-bond acceptors (Lipinski definition) is 4. The Morgan fingerprint density at radius 2 is 2.30 bits per heavy atom. The molecule has 1 heterocycles. The van der Waals surface area contributed by atoms with Crippen LogP contribution in [0.2, 0.25) is 5.02 Å². The molecule has 0 unspecified atom stereocenters. The molecule has 1 amide bonds. The minimum Gasteiger partial charge on any atom is -0.376 e. The van der Waals surface area contributed by atoms with Gasteiger partial charge in [0.2, 0.25) is 5.91 Å². The number of ether oxygens (including phenoxy) is 3. The first-order valence-corrected chi connectivity index (χ1v) is 8.36. The van der Waals surface area contributed by atoms with Crippen LogP contribution in [0.15, 0.2) is 24.3 Å². The van der Waals surface area contributed by atoms with E-state index in [1.54, 1.807) is 6.92 Å². The quantitative estimate of drug-likeness (QED) is 0.701. The Morgan fingerprint density at radius 1 is 1.48 bits per heavy atom. The van der Waals surface area contributed by atoms with Crippen molar-refractivity contribution in [3.05, 3.63) is 34.9 Å². The number of rotatable bonds is 9. The Bertz CT molecular complexity index is 491. The third-order valence-electron chi connectivity index (χ3n) is 3.69. The van der Waals surface area contributed by atoms with Gasteiger partial charge in [0, 0.05) is 18.2 Å². The molecule has 0 bridgehead atoms. The van der Waals surface area contributed by atoms with E-state index in [0.717, 1.165) is 25.0 Å². The molecule has 0 aliphatic carbocycles. The molecule has 0 saturated carbocycles. The maximum absolute atomic E-state index is 11.9. The van der Waals surface area contributed by atoms with Gasteiger partial charge in [0.1, 0.15) is 6.10 Å². The summed E-state index contributed by atoms with van der Waals surface area (Å²) in [7, 11) is 0. The van der Waals surface area contributed by atoms with Crippen molar-refractivity contribution in [2.45, 2.75) is 38.6 Å². The van der Waals surface area contributed by atoms with Crippen LogP contribution >= 0.6 is 11.6 Å². The van der Waals surface area contributed by atoms with Crippen molar-refractivity contribution < 1.29 is 19.0 Å². The minimum atomic E-state index is -0.484. The minimum absolute atomic E-state index is 0.129. The van der Waals surface area contributed by atoms with Gasteiger partial charge in [-0.1, -0.05) is 29.8 Å². The number of amides is 1. The first-order valence-electron chi connectivity index (χ1n) is 7.99. The second kappa shape index (κ2) is 9.88. The zero-order valence-electron chi connectivity index (χ0n) is 13.4. The molecule has 23 heavy (non-hydrogen) atoms. The maximum atomic E-state index is 11.9. The van der Waals surface area contributed by atoms with Crippen LogP contribution in [0.4, 0.5) is 0 Å². The second-order valence-corrected chi connectivity index (χ2v) is 5.95. The van der Waals surface area contributed by atoms with Gasteiger partial charge in [-0.05, 0) is 31.4 Å². The summed E-state index contributed by atoms with van der Waals surface area (Å²) >= 11 is 6.04. The maximum Gasteiger partial charge on any atom is 0.248 e. The lowest BCUT2D eigenvalue weighted by Gasteiger charge is -2.16. The molecule has 0 radical (unpaired) electrons. The molecular formula is C17H24ClNO4. The highest BCUT2D eigenvalue weighted by atomic mass is 35.5. The molecule has 1 saturated heterocycles. The fraction of sp³-hybridized carbons (Fsp3) is 0.588. The van der Waals surface area contributed by atoms with Gasteiger partial charge >= 0.3 is 0 Å². The molecule has 1 N–H and O–H groups in total. The first-order chi connectivity index (χ1) is 11.2. The molecule has 2 rings (SSSR count). The highest BCUT2D eigenvalue weighted by Gasteiger charge is 2.19. The summed E-state index contributed by atoms with van der Waals surface area (Å²) in [4.78, 5) is 11.9. The lowest BCUT2D eigenvalue weighted by atomic mass is 10.2. The van der Waals surface area contributed by atoms with E-state index in [2.05, 4.69) is 5.32 Å². The van der Waals surface area contributed by atoms with E-state index in [1.165, 1.54) is 0 Å². The summed E-state index contributed by atoms with van der Waals surface area (Å²) in [5, 5.41) is 3.48. The third-order valence-corrected chi connectivity index (χ3v) is 4.06. The summed E-state index contributed by atoms with van der Waals surface area (Å²) in [6.45, 7) is 4.30. The Labute approximate surface area is 142 Å². The number of carbonyl (C=O) groups excluding carboxylic acids is 1. The van der Waals surface area contributed by atoms with Gasteiger partial charge in [0.15, 0.2) is 0 Å². The predicted molar refractivity (Wildman–Crippen MR) is 88.5 cm³/mol. The highest BCUT2D eigenvalue weighted by Crippen LogP contribution is 2.15. The lowest BCUT2D eigenvalue weighted by molar-refractivity contribution is -0.134. The third kappa shape index (κ3) is 6.47. The molecule has 1 fully saturated rings. The van der Waals surface area contributed by atoms with E-state index < -0.39 is 6.10 Å². The van der Waals surface area contributed by atoms with Crippen LogP contribution < -0.4 is 5.32 Å². The van der Waals surface area contributed by atoms with Crippen LogP contribution in [0, 0.1) is 0 Å². The van der Waals surface area contributed by atoms with Crippen molar-refractivity contribution in [1.82, 2.24) is 5.32 Å². The zero-order valence-corrected chi connectivity index (χ0v) is 14.2. The van der Waals surface area contributed by atoms with Crippen LogP contribution in [0.5, 0.6) is 0 Å². The molecule has 1 aliphatic heterocycles. The van der Waals surface area contributed by atoms with Crippen LogP contribution in [0.25, 0.3) is 0 Å². The van der Waals surface area contributed by atoms with E-state index in [0.29, 0.717) is 31.4 Å². The summed E-state index contributed by atoms with van der Waals surface area (Å²) in [6.07, 6.45) is 1.72. The summed E-state index contributed by atoms with van der Waals surface area (Å²) in [5.41, 5.74) is 0.939. The Balaban J connectivity index is 1.54. The molecule has 128 valence electrons. The van der Waals surface area contributed by atoms with Gasteiger partial charge in [-0.25, -0.2) is 0 Å². The molecule has 2 atom stereocenters. The van der Waals surface area contributed by atoms with Crippen LogP contribution in [0.3, 0.4) is 0 Å². The fourth-order valence-corrected chi connectivity index (χ4v) is 2.48. The van der Waals surface area contributed by atoms with Crippen molar-refractivity contribution in [2.24, 2.45) is 0 Å². The normalized spacial score (nSPS) is 18.8. The average Bonchev–Trinajstić information content (AvgIpc) is 3.07. The van der Waals surface area contributed by atoms with Gasteiger partial charge in [-0.2, -0.15) is 0 Å². The fourth-order valence-electron chi connectivity index (χ4n) is 2.29. The van der Waals surface area contributed by atoms with Crippen LogP contribution in [0.1, 0.15) is 25.3 Å². The van der Waals surface area contributed by atoms with Gasteiger partial charge in [-0.3, -0.25) is 4.79 Å². The molecule has 1 aliphatic rings. The predicted octanol–water partition coefficient (Wildman–Crippen LogP) is 2.56. The van der Waals surface area contributed by atoms with Gasteiger partial charge in [-0.15, -0.1) is 0 Å². The monoisotopic (exact) mass is 341 g/mol. The van der Waals surface area contributed by atoms with Gasteiger partial charge in [0.05, 0.1) is 25.9 Å². The second-order valence-electron chi connectivity index (χ2n) is 5.55. The first kappa shape index (κ1) is 18.2.